The number of aliphatic imine (C=N–C) groups is 3. The predicted molar refractivity (Wildman–Crippen MR) is 258 cm³/mol. The SMILES string of the molecule is COC(=O)N[C@H](C(=O)N1CC2(CC2)C[C@H]1C1=Nc2ccc(-c3ccc(-c4ccc(C5=NC([C@@H]6CC7(CC7)CN6C(=O)[C@@H](NC(=O)OC)C(C)C)=NC5)cc4)c4c3CC3CCC43)cc2C1)C(C)C. The fourth-order valence-corrected chi connectivity index (χ4v) is 12.4. The molecule has 13 heteroatoms. The van der Waals surface area contributed by atoms with Crippen LogP contribution >= 0.6 is 0 Å². The molecule has 0 radical (unpaired) electrons. The molecule has 5 fully saturated rings. The second kappa shape index (κ2) is 16.4. The van der Waals surface area contributed by atoms with Crippen molar-refractivity contribution in [2.45, 2.75) is 122 Å². The number of fused-ring (bicyclic) bond motifs is 4. The maximum Gasteiger partial charge on any atom is 0.407 e. The fraction of sp³-hybridized carbons (Fsp3) is 0.537. The highest BCUT2D eigenvalue weighted by Gasteiger charge is 2.57. The van der Waals surface area contributed by atoms with Crippen LogP contribution in [0.4, 0.5) is 15.3 Å². The van der Waals surface area contributed by atoms with Crippen LogP contribution in [0.1, 0.15) is 107 Å². The van der Waals surface area contributed by atoms with E-state index in [0.29, 0.717) is 43.7 Å². The van der Waals surface area contributed by atoms with Gasteiger partial charge in [0.25, 0.3) is 0 Å². The molecule has 3 saturated carbocycles. The van der Waals surface area contributed by atoms with Gasteiger partial charge in [-0.3, -0.25) is 19.6 Å². The van der Waals surface area contributed by atoms with Gasteiger partial charge in [-0.2, -0.15) is 0 Å². The Morgan fingerprint density at radius 3 is 1.87 bits per heavy atom. The van der Waals surface area contributed by atoms with Crippen LogP contribution in [0.5, 0.6) is 0 Å². The van der Waals surface area contributed by atoms with Crippen molar-refractivity contribution in [1.29, 1.82) is 0 Å². The van der Waals surface area contributed by atoms with Gasteiger partial charge in [-0.1, -0.05) is 70.2 Å². The Hall–Kier alpha value is -5.85. The number of hydrogen-bond acceptors (Lipinski definition) is 9. The number of carbonyl (C=O) groups excluding carboxylic acids is 4. The van der Waals surface area contributed by atoms with Crippen molar-refractivity contribution >= 4 is 46.9 Å². The second-order valence-corrected chi connectivity index (χ2v) is 21.7. The second-order valence-electron chi connectivity index (χ2n) is 21.7. The number of amidine groups is 1. The highest BCUT2D eigenvalue weighted by Crippen LogP contribution is 2.58. The van der Waals surface area contributed by atoms with Crippen LogP contribution in [0.25, 0.3) is 22.3 Å². The van der Waals surface area contributed by atoms with Gasteiger partial charge in [0.2, 0.25) is 11.8 Å². The van der Waals surface area contributed by atoms with Crippen molar-refractivity contribution in [3.05, 3.63) is 76.9 Å². The first-order valence-corrected chi connectivity index (χ1v) is 24.7. The summed E-state index contributed by atoms with van der Waals surface area (Å²) in [6.45, 7) is 9.64. The van der Waals surface area contributed by atoms with Gasteiger partial charge in [0.15, 0.2) is 0 Å². The summed E-state index contributed by atoms with van der Waals surface area (Å²) < 4.78 is 9.74. The molecule has 2 unspecified atom stereocenters. The van der Waals surface area contributed by atoms with E-state index in [1.54, 1.807) is 0 Å². The molecule has 4 amide bonds. The summed E-state index contributed by atoms with van der Waals surface area (Å²) in [5.41, 5.74) is 13.5. The Morgan fingerprint density at radius 1 is 0.701 bits per heavy atom. The molecule has 8 aliphatic rings. The molecule has 4 aliphatic heterocycles. The van der Waals surface area contributed by atoms with Crippen molar-refractivity contribution in [3.63, 3.8) is 0 Å². The van der Waals surface area contributed by atoms with Crippen LogP contribution in [0.15, 0.2) is 69.6 Å². The fourth-order valence-electron chi connectivity index (χ4n) is 12.4. The number of rotatable bonds is 11. The van der Waals surface area contributed by atoms with E-state index in [1.165, 1.54) is 66.0 Å². The predicted octanol–water partition coefficient (Wildman–Crippen LogP) is 8.42. The van der Waals surface area contributed by atoms with Crippen molar-refractivity contribution in [2.75, 3.05) is 33.9 Å². The Bertz CT molecular complexity index is 2660. The summed E-state index contributed by atoms with van der Waals surface area (Å²) in [6.07, 6.45) is 9.28. The molecule has 11 rings (SSSR count). The first kappa shape index (κ1) is 43.7. The third-order valence-electron chi connectivity index (χ3n) is 16.8. The largest absolute Gasteiger partial charge is 0.453 e. The smallest absolute Gasteiger partial charge is 0.407 e. The van der Waals surface area contributed by atoms with E-state index < -0.39 is 24.3 Å². The first-order valence-electron chi connectivity index (χ1n) is 24.7. The van der Waals surface area contributed by atoms with E-state index in [1.807, 2.05) is 37.5 Å². The summed E-state index contributed by atoms with van der Waals surface area (Å²) in [7, 11) is 2.65. The molecule has 3 aromatic rings. The van der Waals surface area contributed by atoms with Crippen molar-refractivity contribution in [2.24, 2.45) is 43.6 Å². The normalized spacial score (nSPS) is 25.2. The summed E-state index contributed by atoms with van der Waals surface area (Å²) in [5, 5.41) is 5.58. The number of amides is 4. The zero-order chi connectivity index (χ0) is 46.5. The molecular weight excluding hydrogens is 843 g/mol. The standard InChI is InChI=1S/C54H63N7O6/c1-29(2)46(58-51(64)66-5)49(62)60-27-53(17-18-53)24-43(60)41-23-35-21-33(12-16-40(35)56-41)36-14-15-37(45-38-13-11-34(38)22-39(36)45)31-7-9-32(10-8-31)42-26-55-48(57-42)44-25-54(19-20-54)28-61(44)50(63)47(30(3)4)59-52(65)67-6/h7-10,12,14-16,21,29-30,34,38,43-44,46-47H,11,13,17-20,22-28H2,1-6H3,(H,58,64)(H,59,65)/t34?,38?,43-,44-,46-,47-/m0/s1. The lowest BCUT2D eigenvalue weighted by Gasteiger charge is -2.31. The van der Waals surface area contributed by atoms with Crippen LogP contribution in [-0.2, 0) is 31.9 Å². The van der Waals surface area contributed by atoms with Crippen LogP contribution in [0, 0.1) is 28.6 Å². The molecule has 3 aromatic carbocycles. The minimum Gasteiger partial charge on any atom is -0.453 e. The molecule has 6 atom stereocenters. The summed E-state index contributed by atoms with van der Waals surface area (Å²) in [6, 6.07) is 18.6. The van der Waals surface area contributed by atoms with Gasteiger partial charge in [-0.15, -0.1) is 0 Å². The van der Waals surface area contributed by atoms with Crippen molar-refractivity contribution in [1.82, 2.24) is 20.4 Å². The molecule has 67 heavy (non-hydrogen) atoms. The average Bonchev–Trinajstić information content (AvgIpc) is 3.84. The quantitative estimate of drug-likeness (QED) is 0.197. The number of nitrogens with zero attached hydrogens (tertiary/aromatic N) is 5. The Morgan fingerprint density at radius 2 is 1.28 bits per heavy atom. The maximum absolute atomic E-state index is 14.1. The number of ether oxygens (including phenoxy) is 2. The lowest BCUT2D eigenvalue weighted by atomic mass is 9.73. The van der Waals surface area contributed by atoms with Gasteiger partial charge >= 0.3 is 12.2 Å². The summed E-state index contributed by atoms with van der Waals surface area (Å²) in [5.74, 6) is 1.62. The van der Waals surface area contributed by atoms with Gasteiger partial charge < -0.3 is 29.9 Å². The number of alkyl carbamates (subject to hydrolysis) is 2. The number of benzene rings is 3. The minimum absolute atomic E-state index is 0.0519. The maximum atomic E-state index is 14.1. The first-order chi connectivity index (χ1) is 32.3. The molecule has 2 spiro atoms. The Balaban J connectivity index is 0.815. The van der Waals surface area contributed by atoms with Crippen LogP contribution in [0.2, 0.25) is 0 Å². The van der Waals surface area contributed by atoms with Gasteiger partial charge in [-0.05, 0) is 149 Å². The van der Waals surface area contributed by atoms with Crippen LogP contribution in [-0.4, -0.2) is 109 Å². The Kier molecular flexibility index (Phi) is 10.7. The van der Waals surface area contributed by atoms with Gasteiger partial charge in [0, 0.05) is 25.2 Å². The number of hydrogen-bond donors (Lipinski definition) is 2. The number of likely N-dealkylation sites (tertiary alicyclic amines) is 2. The highest BCUT2D eigenvalue weighted by atomic mass is 16.5. The van der Waals surface area contributed by atoms with Gasteiger partial charge in [0.1, 0.15) is 17.9 Å². The molecule has 350 valence electrons. The number of carbonyl (C=O) groups is 4. The van der Waals surface area contributed by atoms with E-state index in [2.05, 4.69) is 65.2 Å². The van der Waals surface area contributed by atoms with Crippen molar-refractivity contribution in [3.8, 4) is 22.3 Å². The van der Waals surface area contributed by atoms with E-state index in [9.17, 15) is 19.2 Å². The molecule has 13 nitrogen and oxygen atoms in total. The van der Waals surface area contributed by atoms with E-state index in [4.69, 9.17) is 24.5 Å². The van der Waals surface area contributed by atoms with Crippen LogP contribution < -0.4 is 10.6 Å². The monoisotopic (exact) mass is 905 g/mol. The lowest BCUT2D eigenvalue weighted by molar-refractivity contribution is -0.135. The van der Waals surface area contributed by atoms with E-state index >= 15 is 0 Å². The van der Waals surface area contributed by atoms with Gasteiger partial charge in [-0.25, -0.2) is 14.6 Å². The van der Waals surface area contributed by atoms with E-state index in [0.717, 1.165) is 67.6 Å². The molecule has 2 saturated heterocycles. The highest BCUT2D eigenvalue weighted by molar-refractivity contribution is 6.14. The topological polar surface area (TPSA) is 154 Å². The molecule has 0 aromatic heterocycles. The zero-order valence-corrected chi connectivity index (χ0v) is 39.7. The molecule has 2 N–H and O–H groups in total. The third-order valence-corrected chi connectivity index (χ3v) is 16.8. The lowest BCUT2D eigenvalue weighted by Crippen LogP contribution is -2.53. The zero-order valence-electron chi connectivity index (χ0n) is 39.7. The summed E-state index contributed by atoms with van der Waals surface area (Å²) in [4.78, 5) is 71.8. The van der Waals surface area contributed by atoms with E-state index in [-0.39, 0.29) is 46.6 Å². The molecular formula is C54H63N7O6. The molecule has 4 aliphatic carbocycles. The van der Waals surface area contributed by atoms with Crippen molar-refractivity contribution < 1.29 is 28.7 Å². The third kappa shape index (κ3) is 7.74. The van der Waals surface area contributed by atoms with Crippen LogP contribution in [0.3, 0.4) is 0 Å². The average molecular weight is 906 g/mol. The molecule has 4 heterocycles. The van der Waals surface area contributed by atoms with Gasteiger partial charge in [0.05, 0.1) is 44.2 Å². The summed E-state index contributed by atoms with van der Waals surface area (Å²) >= 11 is 0. The Labute approximate surface area is 393 Å². The molecule has 0 bridgehead atoms. The minimum atomic E-state index is -0.685. The number of nitrogens with one attached hydrogen (secondary N) is 2. The number of methoxy groups -OCH3 is 2.